The van der Waals surface area contributed by atoms with Gasteiger partial charge in [-0.2, -0.15) is 0 Å². The number of hydrogen-bond acceptors (Lipinski definition) is 8. The molecule has 1 aromatic carbocycles. The lowest BCUT2D eigenvalue weighted by atomic mass is 9.88. The number of fused-ring (bicyclic) bond motifs is 1. The second-order valence-electron chi connectivity index (χ2n) is 14.3. The molecule has 0 spiro atoms. The average Bonchev–Trinajstić information content (AvgIpc) is 3.46. The number of nitrogens with one attached hydrogen (secondary N) is 4. The van der Waals surface area contributed by atoms with Gasteiger partial charge in [0.05, 0.1) is 12.5 Å². The van der Waals surface area contributed by atoms with Crippen LogP contribution in [-0.2, 0) is 39.9 Å². The quantitative estimate of drug-likeness (QED) is 0.145. The van der Waals surface area contributed by atoms with Gasteiger partial charge in [-0.1, -0.05) is 77.5 Å². The number of unbranched alkanes of at least 4 members (excludes halogenated alkanes) is 5. The number of aromatic nitrogens is 1. The summed E-state index contributed by atoms with van der Waals surface area (Å²) in [6, 6.07) is 3.68. The lowest BCUT2D eigenvalue weighted by Gasteiger charge is -2.31. The maximum Gasteiger partial charge on any atom is 0.331 e. The highest BCUT2D eigenvalue weighted by Crippen LogP contribution is 2.25. The second kappa shape index (κ2) is 18.7. The van der Waals surface area contributed by atoms with E-state index >= 15 is 0 Å². The molecule has 1 aromatic heterocycles. The molecule has 5 N–H and O–H groups in total. The first-order chi connectivity index (χ1) is 23.2. The number of carbonyl (C=O) groups excluding carboxylic acids is 5. The third-order valence-corrected chi connectivity index (χ3v) is 8.94. The molecule has 2 aromatic rings. The Hall–Kier alpha value is -3.93. The molecule has 0 aliphatic carbocycles. The molecule has 2 heterocycles. The van der Waals surface area contributed by atoms with E-state index in [4.69, 9.17) is 9.47 Å². The Morgan fingerprint density at radius 2 is 1.55 bits per heavy atom. The zero-order valence-corrected chi connectivity index (χ0v) is 29.9. The molecule has 0 radical (unpaired) electrons. The molecule has 12 nitrogen and oxygen atoms in total. The number of aromatic amines is 1. The van der Waals surface area contributed by atoms with Crippen LogP contribution in [0.5, 0.6) is 0 Å². The highest BCUT2D eigenvalue weighted by atomic mass is 16.6. The summed E-state index contributed by atoms with van der Waals surface area (Å²) in [5.74, 6) is -4.45. The van der Waals surface area contributed by atoms with Crippen molar-refractivity contribution in [3.05, 3.63) is 36.0 Å². The summed E-state index contributed by atoms with van der Waals surface area (Å²) in [6.07, 6.45) is 7.76. The van der Waals surface area contributed by atoms with E-state index in [9.17, 15) is 29.1 Å². The Balaban J connectivity index is 1.93. The number of cyclic esters (lactones) is 1. The standard InChI is InChI=1S/C37H56N4O8/c1-7-8-9-10-11-12-15-23(2)32-24(3)33(44)39-28(18-19-31(43)49-37(4,5)6)34(45)40-29(35(46)41-30(22-42)36(47)48-32)20-25-21-38-27-17-14-13-16-26(25)27/h13-14,16-17,21,23-24,28-30,32,38,42H,7-12,15,18-20,22H2,1-6H3,(H,39,44)(H,40,45)(H,41,46)/t23-,24+,28-,29+,30+,32+/m1/s1. The predicted octanol–water partition coefficient (Wildman–Crippen LogP) is 4.23. The van der Waals surface area contributed by atoms with Gasteiger partial charge in [0.2, 0.25) is 17.7 Å². The molecule has 3 amide bonds. The minimum absolute atomic E-state index is 0.0375. The zero-order valence-electron chi connectivity index (χ0n) is 29.9. The van der Waals surface area contributed by atoms with Gasteiger partial charge >= 0.3 is 11.9 Å². The fourth-order valence-electron chi connectivity index (χ4n) is 6.17. The Labute approximate surface area is 289 Å². The van der Waals surface area contributed by atoms with Gasteiger partial charge in [-0.05, 0) is 51.2 Å². The minimum Gasteiger partial charge on any atom is -0.460 e. The topological polar surface area (TPSA) is 176 Å². The predicted molar refractivity (Wildman–Crippen MR) is 186 cm³/mol. The molecular formula is C37H56N4O8. The van der Waals surface area contributed by atoms with Crippen molar-refractivity contribution in [3.8, 4) is 0 Å². The highest BCUT2D eigenvalue weighted by Gasteiger charge is 2.38. The molecule has 3 rings (SSSR count). The Kier molecular flexibility index (Phi) is 15.1. The summed E-state index contributed by atoms with van der Waals surface area (Å²) in [7, 11) is 0. The van der Waals surface area contributed by atoms with Gasteiger partial charge in [0.25, 0.3) is 0 Å². The molecule has 0 bridgehead atoms. The first-order valence-electron chi connectivity index (χ1n) is 17.7. The number of rotatable bonds is 14. The van der Waals surface area contributed by atoms with Crippen molar-refractivity contribution in [2.24, 2.45) is 11.8 Å². The van der Waals surface area contributed by atoms with Crippen molar-refractivity contribution in [1.29, 1.82) is 0 Å². The molecule has 0 saturated carbocycles. The molecule has 12 heteroatoms. The molecule has 272 valence electrons. The molecular weight excluding hydrogens is 628 g/mol. The molecule has 1 saturated heterocycles. The first-order valence-corrected chi connectivity index (χ1v) is 17.7. The third kappa shape index (κ3) is 12.2. The maximum atomic E-state index is 13.9. The van der Waals surface area contributed by atoms with E-state index in [1.165, 1.54) is 6.42 Å². The van der Waals surface area contributed by atoms with Gasteiger partial charge in [0, 0.05) is 29.9 Å². The number of aliphatic hydroxyl groups excluding tert-OH is 1. The summed E-state index contributed by atoms with van der Waals surface area (Å²) in [4.78, 5) is 70.7. The van der Waals surface area contributed by atoms with Crippen molar-refractivity contribution < 1.29 is 38.6 Å². The Morgan fingerprint density at radius 3 is 2.24 bits per heavy atom. The lowest BCUT2D eigenvalue weighted by molar-refractivity contribution is -0.162. The van der Waals surface area contributed by atoms with E-state index in [0.29, 0.717) is 6.42 Å². The smallest absolute Gasteiger partial charge is 0.331 e. The molecule has 1 aliphatic rings. The van der Waals surface area contributed by atoms with Crippen molar-refractivity contribution in [2.75, 3.05) is 6.61 Å². The normalized spacial score (nSPS) is 23.3. The Bertz CT molecular complexity index is 1420. The Morgan fingerprint density at radius 1 is 0.918 bits per heavy atom. The number of H-pyrrole nitrogens is 1. The van der Waals surface area contributed by atoms with Crippen LogP contribution in [0.15, 0.2) is 30.5 Å². The van der Waals surface area contributed by atoms with Crippen LogP contribution in [0.4, 0.5) is 0 Å². The molecule has 6 atom stereocenters. The summed E-state index contributed by atoms with van der Waals surface area (Å²) in [5.41, 5.74) is 0.829. The number of hydrogen-bond donors (Lipinski definition) is 5. The summed E-state index contributed by atoms with van der Waals surface area (Å²) < 4.78 is 11.3. The first kappa shape index (κ1) is 39.5. The second-order valence-corrected chi connectivity index (χ2v) is 14.3. The molecule has 1 aliphatic heterocycles. The van der Waals surface area contributed by atoms with Gasteiger partial charge in [0.15, 0.2) is 6.04 Å². The van der Waals surface area contributed by atoms with Gasteiger partial charge in [-0.15, -0.1) is 0 Å². The number of carbonyl (C=O) groups is 5. The van der Waals surface area contributed by atoms with Crippen LogP contribution in [0.3, 0.4) is 0 Å². The highest BCUT2D eigenvalue weighted by molar-refractivity contribution is 5.95. The third-order valence-electron chi connectivity index (χ3n) is 8.94. The lowest BCUT2D eigenvalue weighted by Crippen LogP contribution is -2.57. The largest absolute Gasteiger partial charge is 0.460 e. The van der Waals surface area contributed by atoms with E-state index in [1.807, 2.05) is 31.2 Å². The van der Waals surface area contributed by atoms with E-state index in [1.54, 1.807) is 33.9 Å². The number of para-hydroxylation sites is 1. The average molecular weight is 685 g/mol. The van der Waals surface area contributed by atoms with Crippen LogP contribution in [-0.4, -0.2) is 76.2 Å². The molecule has 49 heavy (non-hydrogen) atoms. The van der Waals surface area contributed by atoms with Crippen molar-refractivity contribution in [2.45, 2.75) is 136 Å². The van der Waals surface area contributed by atoms with Crippen LogP contribution in [0.2, 0.25) is 0 Å². The summed E-state index contributed by atoms with van der Waals surface area (Å²) >= 11 is 0. The van der Waals surface area contributed by atoms with E-state index < -0.39 is 72.0 Å². The number of ether oxygens (including phenoxy) is 2. The van der Waals surface area contributed by atoms with Crippen molar-refractivity contribution in [3.63, 3.8) is 0 Å². The number of esters is 2. The minimum atomic E-state index is -1.42. The zero-order chi connectivity index (χ0) is 36.1. The van der Waals surface area contributed by atoms with Crippen LogP contribution < -0.4 is 16.0 Å². The maximum absolute atomic E-state index is 13.9. The van der Waals surface area contributed by atoms with Crippen LogP contribution >= 0.6 is 0 Å². The van der Waals surface area contributed by atoms with E-state index in [2.05, 4.69) is 27.9 Å². The van der Waals surface area contributed by atoms with Gasteiger partial charge in [-0.3, -0.25) is 19.2 Å². The van der Waals surface area contributed by atoms with Crippen molar-refractivity contribution in [1.82, 2.24) is 20.9 Å². The van der Waals surface area contributed by atoms with Crippen molar-refractivity contribution >= 4 is 40.6 Å². The fraction of sp³-hybridized carbons (Fsp3) is 0.649. The SMILES string of the molecule is CCCCCCCC[C@@H](C)[C@@H]1OC(=O)[C@H](CO)NC(=O)[C@H](Cc2c[nH]c3ccccc23)NC(=O)[C@@H](CCC(=O)OC(C)(C)C)NC(=O)[C@H]1C. The van der Waals surface area contributed by atoms with Crippen LogP contribution in [0, 0.1) is 11.8 Å². The fourth-order valence-corrected chi connectivity index (χ4v) is 6.17. The van der Waals surface area contributed by atoms with Gasteiger partial charge < -0.3 is 35.5 Å². The molecule has 1 fully saturated rings. The van der Waals surface area contributed by atoms with Crippen LogP contribution in [0.1, 0.15) is 105 Å². The number of amides is 3. The van der Waals surface area contributed by atoms with Gasteiger partial charge in [0.1, 0.15) is 23.8 Å². The monoisotopic (exact) mass is 684 g/mol. The van der Waals surface area contributed by atoms with E-state index in [0.717, 1.165) is 48.6 Å². The molecule has 0 unspecified atom stereocenters. The van der Waals surface area contributed by atoms with Gasteiger partial charge in [-0.25, -0.2) is 4.79 Å². The number of benzene rings is 1. The number of aliphatic hydroxyl groups is 1. The summed E-state index contributed by atoms with van der Waals surface area (Å²) in [6.45, 7) is 10.2. The van der Waals surface area contributed by atoms with Crippen LogP contribution in [0.25, 0.3) is 10.9 Å². The van der Waals surface area contributed by atoms with E-state index in [-0.39, 0.29) is 25.2 Å². The summed E-state index contributed by atoms with van der Waals surface area (Å²) in [5, 5.41) is 19.1.